The van der Waals surface area contributed by atoms with E-state index in [0.717, 1.165) is 22.3 Å². The largest absolute Gasteiger partial charge is 0.338 e. The maximum Gasteiger partial charge on any atom is 0.321 e. The zero-order valence-corrected chi connectivity index (χ0v) is 13.0. The van der Waals surface area contributed by atoms with Crippen LogP contribution in [0.2, 0.25) is 0 Å². The number of amides is 2. The number of hydrogen-bond acceptors (Lipinski definition) is 4. The molecule has 112 valence electrons. The lowest BCUT2D eigenvalue weighted by Crippen LogP contribution is -2.28. The van der Waals surface area contributed by atoms with E-state index in [1.165, 1.54) is 16.9 Å². The first-order valence-electron chi connectivity index (χ1n) is 7.09. The summed E-state index contributed by atoms with van der Waals surface area (Å²) in [5.74, 6) is 0. The Morgan fingerprint density at radius 1 is 1.27 bits per heavy atom. The van der Waals surface area contributed by atoms with Crippen LogP contribution in [-0.4, -0.2) is 22.5 Å². The molecule has 3 rings (SSSR count). The number of rotatable bonds is 4. The number of fused-ring (bicyclic) bond motifs is 1. The van der Waals surface area contributed by atoms with Gasteiger partial charge in [0, 0.05) is 24.9 Å². The smallest absolute Gasteiger partial charge is 0.321 e. The molecule has 3 aromatic rings. The molecule has 1 aromatic carbocycles. The summed E-state index contributed by atoms with van der Waals surface area (Å²) in [5.41, 5.74) is 3.10. The summed E-state index contributed by atoms with van der Waals surface area (Å²) in [6.07, 6.45) is 2.59. The van der Waals surface area contributed by atoms with E-state index in [1.807, 2.05) is 37.3 Å². The van der Waals surface area contributed by atoms with Crippen LogP contribution >= 0.6 is 11.3 Å². The van der Waals surface area contributed by atoms with Gasteiger partial charge in [-0.2, -0.15) is 0 Å². The van der Waals surface area contributed by atoms with Gasteiger partial charge in [0.2, 0.25) is 0 Å². The monoisotopic (exact) mass is 312 g/mol. The Labute approximate surface area is 132 Å². The summed E-state index contributed by atoms with van der Waals surface area (Å²) >= 11 is 1.47. The maximum atomic E-state index is 11.5. The third-order valence-electron chi connectivity index (χ3n) is 3.12. The molecule has 0 aliphatic heterocycles. The first kappa shape index (κ1) is 14.5. The highest BCUT2D eigenvalue weighted by Gasteiger charge is 2.08. The van der Waals surface area contributed by atoms with Crippen molar-refractivity contribution in [2.75, 3.05) is 11.9 Å². The van der Waals surface area contributed by atoms with E-state index >= 15 is 0 Å². The minimum atomic E-state index is -0.227. The number of pyridine rings is 1. The quantitative estimate of drug-likeness (QED) is 0.775. The van der Waals surface area contributed by atoms with Gasteiger partial charge in [0.1, 0.15) is 0 Å². The number of urea groups is 1. The fourth-order valence-electron chi connectivity index (χ4n) is 2.15. The number of carbonyl (C=O) groups excluding carboxylic acids is 1. The van der Waals surface area contributed by atoms with Crippen LogP contribution < -0.4 is 10.6 Å². The topological polar surface area (TPSA) is 66.9 Å². The number of aromatic nitrogens is 2. The molecule has 2 aromatic heterocycles. The molecule has 0 atom stereocenters. The molecule has 6 heteroatoms. The molecular weight excluding hydrogens is 296 g/mol. The van der Waals surface area contributed by atoms with Gasteiger partial charge in [-0.05, 0) is 36.8 Å². The molecule has 2 heterocycles. The lowest BCUT2D eigenvalue weighted by atomic mass is 10.1. The van der Waals surface area contributed by atoms with Crippen molar-refractivity contribution >= 4 is 32.7 Å². The van der Waals surface area contributed by atoms with Crippen molar-refractivity contribution in [2.45, 2.75) is 13.3 Å². The van der Waals surface area contributed by atoms with Gasteiger partial charge in [-0.25, -0.2) is 9.78 Å². The number of anilines is 1. The molecule has 2 amide bonds. The van der Waals surface area contributed by atoms with Crippen molar-refractivity contribution in [2.24, 2.45) is 0 Å². The highest BCUT2D eigenvalue weighted by molar-refractivity contribution is 7.22. The van der Waals surface area contributed by atoms with E-state index in [4.69, 9.17) is 0 Å². The second-order valence-corrected chi connectivity index (χ2v) is 5.83. The van der Waals surface area contributed by atoms with Crippen LogP contribution in [0.1, 0.15) is 18.2 Å². The molecule has 2 N–H and O–H groups in total. The van der Waals surface area contributed by atoms with Crippen LogP contribution in [-0.2, 0) is 6.42 Å². The van der Waals surface area contributed by atoms with Crippen LogP contribution in [0.4, 0.5) is 9.93 Å². The Balaban J connectivity index is 1.79. The van der Waals surface area contributed by atoms with E-state index in [0.29, 0.717) is 11.7 Å². The Morgan fingerprint density at radius 2 is 2.18 bits per heavy atom. The normalized spacial score (nSPS) is 10.6. The van der Waals surface area contributed by atoms with Crippen LogP contribution in [0.15, 0.2) is 42.6 Å². The van der Waals surface area contributed by atoms with Crippen molar-refractivity contribution in [1.29, 1.82) is 0 Å². The number of benzene rings is 1. The molecule has 0 unspecified atom stereocenters. The molecule has 0 spiro atoms. The predicted octanol–water partition coefficient (Wildman–Crippen LogP) is 3.42. The minimum absolute atomic E-state index is 0.227. The summed E-state index contributed by atoms with van der Waals surface area (Å²) in [4.78, 5) is 20.3. The highest BCUT2D eigenvalue weighted by atomic mass is 32.1. The number of thiazole rings is 1. The average Bonchev–Trinajstić information content (AvgIpc) is 2.90. The summed E-state index contributed by atoms with van der Waals surface area (Å²) in [7, 11) is 0. The van der Waals surface area contributed by atoms with Crippen LogP contribution in [0.25, 0.3) is 10.2 Å². The van der Waals surface area contributed by atoms with Gasteiger partial charge in [-0.3, -0.25) is 10.3 Å². The minimum Gasteiger partial charge on any atom is -0.338 e. The van der Waals surface area contributed by atoms with Crippen LogP contribution in [0.3, 0.4) is 0 Å². The maximum absolute atomic E-state index is 11.5. The Hall–Kier alpha value is -2.47. The van der Waals surface area contributed by atoms with Gasteiger partial charge in [0.05, 0.1) is 10.2 Å². The molecule has 0 aliphatic carbocycles. The van der Waals surface area contributed by atoms with Gasteiger partial charge in [-0.1, -0.05) is 23.5 Å². The van der Waals surface area contributed by atoms with Crippen molar-refractivity contribution < 1.29 is 4.79 Å². The molecular formula is C16H16N4OS. The number of nitrogens with zero attached hydrogens (tertiary/aromatic N) is 2. The zero-order chi connectivity index (χ0) is 15.4. The summed E-state index contributed by atoms with van der Waals surface area (Å²) in [6.45, 7) is 2.47. The van der Waals surface area contributed by atoms with Gasteiger partial charge in [0.25, 0.3) is 0 Å². The third kappa shape index (κ3) is 3.40. The first-order chi connectivity index (χ1) is 10.7. The van der Waals surface area contributed by atoms with Crippen molar-refractivity contribution in [3.8, 4) is 0 Å². The fourth-order valence-corrected chi connectivity index (χ4v) is 3.07. The van der Waals surface area contributed by atoms with Gasteiger partial charge in [0.15, 0.2) is 5.13 Å². The number of carbonyl (C=O) groups is 1. The van der Waals surface area contributed by atoms with Gasteiger partial charge >= 0.3 is 6.03 Å². The fraction of sp³-hybridized carbons (Fsp3) is 0.188. The van der Waals surface area contributed by atoms with Crippen molar-refractivity contribution in [3.05, 3.63) is 53.9 Å². The standard InChI is InChI=1S/C16H16N4OS/c1-2-17-15(21)20-16-19-13-7-6-11(10-14(13)22-16)9-12-5-3-4-8-18-12/h3-8,10H,2,9H2,1H3,(H2,17,19,20,21). The predicted molar refractivity (Wildman–Crippen MR) is 89.4 cm³/mol. The van der Waals surface area contributed by atoms with Crippen molar-refractivity contribution in [3.63, 3.8) is 0 Å². The second-order valence-electron chi connectivity index (χ2n) is 4.80. The molecule has 0 fully saturated rings. The molecule has 0 saturated carbocycles. The zero-order valence-electron chi connectivity index (χ0n) is 12.2. The Bertz CT molecular complexity index is 785. The Morgan fingerprint density at radius 3 is 2.95 bits per heavy atom. The number of hydrogen-bond donors (Lipinski definition) is 2. The molecule has 0 bridgehead atoms. The average molecular weight is 312 g/mol. The molecule has 0 aliphatic rings. The summed E-state index contributed by atoms with van der Waals surface area (Å²) < 4.78 is 1.06. The van der Waals surface area contributed by atoms with Gasteiger partial charge in [-0.15, -0.1) is 0 Å². The van der Waals surface area contributed by atoms with E-state index < -0.39 is 0 Å². The Kier molecular flexibility index (Phi) is 4.29. The highest BCUT2D eigenvalue weighted by Crippen LogP contribution is 2.27. The van der Waals surface area contributed by atoms with E-state index in [1.54, 1.807) is 6.20 Å². The van der Waals surface area contributed by atoms with E-state index in [2.05, 4.69) is 26.7 Å². The van der Waals surface area contributed by atoms with Crippen molar-refractivity contribution in [1.82, 2.24) is 15.3 Å². The summed E-state index contributed by atoms with van der Waals surface area (Å²) in [5, 5.41) is 6.04. The van der Waals surface area contributed by atoms with E-state index in [9.17, 15) is 4.79 Å². The summed E-state index contributed by atoms with van der Waals surface area (Å²) in [6, 6.07) is 11.8. The third-order valence-corrected chi connectivity index (χ3v) is 4.06. The molecule has 5 nitrogen and oxygen atoms in total. The lowest BCUT2D eigenvalue weighted by Gasteiger charge is -2.00. The van der Waals surface area contributed by atoms with Gasteiger partial charge < -0.3 is 5.32 Å². The number of nitrogens with one attached hydrogen (secondary N) is 2. The first-order valence-corrected chi connectivity index (χ1v) is 7.90. The van der Waals surface area contributed by atoms with Crippen LogP contribution in [0.5, 0.6) is 0 Å². The SMILES string of the molecule is CCNC(=O)Nc1nc2ccc(Cc3ccccn3)cc2s1. The van der Waals surface area contributed by atoms with E-state index in [-0.39, 0.29) is 6.03 Å². The van der Waals surface area contributed by atoms with Crippen LogP contribution in [0, 0.1) is 0 Å². The molecule has 22 heavy (non-hydrogen) atoms. The second kappa shape index (κ2) is 6.53. The lowest BCUT2D eigenvalue weighted by molar-refractivity contribution is 0.252. The molecule has 0 saturated heterocycles. The molecule has 0 radical (unpaired) electrons.